The quantitative estimate of drug-likeness (QED) is 0.183. The van der Waals surface area contributed by atoms with E-state index in [0.29, 0.717) is 10.2 Å². The van der Waals surface area contributed by atoms with Gasteiger partial charge in [0.1, 0.15) is 11.6 Å². The molecular formula is C14H12Br3F2N2NaO2. The van der Waals surface area contributed by atoms with Gasteiger partial charge in [-0.1, -0.05) is 0 Å². The predicted octanol–water partition coefficient (Wildman–Crippen LogP) is 3.39. The molecule has 126 valence electrons. The predicted molar refractivity (Wildman–Crippen MR) is 98.9 cm³/mol. The second-order valence-electron chi connectivity index (χ2n) is 4.21. The molecule has 0 aliphatic rings. The molecule has 0 radical (unpaired) electrons. The topological polar surface area (TPSA) is 78.5 Å². The Morgan fingerprint density at radius 1 is 0.958 bits per heavy atom. The Morgan fingerprint density at radius 2 is 1.33 bits per heavy atom. The molecule has 0 saturated carbocycles. The van der Waals surface area contributed by atoms with Crippen molar-refractivity contribution in [2.45, 2.75) is 13.8 Å². The first kappa shape index (κ1) is 26.2. The fourth-order valence-electron chi connectivity index (χ4n) is 1.40. The summed E-state index contributed by atoms with van der Waals surface area (Å²) in [5.74, 6) is -0.480. The monoisotopic (exact) mass is 538 g/mol. The molecule has 2 aromatic rings. The van der Waals surface area contributed by atoms with Crippen LogP contribution in [0.3, 0.4) is 0 Å². The van der Waals surface area contributed by atoms with Gasteiger partial charge in [0.2, 0.25) is 0 Å². The van der Waals surface area contributed by atoms with Crippen LogP contribution in [0.15, 0.2) is 43.0 Å². The zero-order chi connectivity index (χ0) is 18.2. The zero-order valence-electron chi connectivity index (χ0n) is 13.0. The van der Waals surface area contributed by atoms with E-state index in [1.165, 1.54) is 24.3 Å². The van der Waals surface area contributed by atoms with Gasteiger partial charge in [0.25, 0.3) is 0 Å². The van der Waals surface area contributed by atoms with Crippen molar-refractivity contribution < 1.29 is 38.3 Å². The molecule has 4 nitrogen and oxygen atoms in total. The smallest absolute Gasteiger partial charge is 0.444 e. The van der Waals surface area contributed by atoms with Crippen molar-refractivity contribution in [3.05, 3.63) is 70.6 Å². The minimum Gasteiger partial charge on any atom is -0.444 e. The number of benzene rings is 2. The summed E-state index contributed by atoms with van der Waals surface area (Å²) in [4.78, 5) is 8.00. The molecular weight excluding hydrogens is 529 g/mol. The number of aryl methyl sites for hydroxylation is 2. The van der Waals surface area contributed by atoms with Crippen LogP contribution in [0.5, 0.6) is 0 Å². The Hall–Kier alpha value is -0.0600. The maximum atomic E-state index is 12.6. The van der Waals surface area contributed by atoms with Gasteiger partial charge in [-0.3, -0.25) is 0 Å². The van der Waals surface area contributed by atoms with Crippen molar-refractivity contribution >= 4 is 53.5 Å². The van der Waals surface area contributed by atoms with Gasteiger partial charge in [0, 0.05) is 19.1 Å². The number of hydrogen-bond donors (Lipinski definition) is 1. The summed E-state index contributed by atoms with van der Waals surface area (Å²) in [6.07, 6.45) is 0. The molecule has 0 aliphatic carbocycles. The SMILES string of the molecule is Cc1cc(F)cc(Br)c1Br.Cc1cc(F)cc(Br)c1N.O=N[O-].[Na+]. The Bertz CT molecular complexity index is 590. The molecule has 0 fully saturated rings. The van der Waals surface area contributed by atoms with Gasteiger partial charge < -0.3 is 15.8 Å². The number of anilines is 1. The van der Waals surface area contributed by atoms with Crippen LogP contribution in [-0.4, -0.2) is 0 Å². The fourth-order valence-corrected chi connectivity index (χ4v) is 2.69. The molecule has 0 heterocycles. The van der Waals surface area contributed by atoms with Crippen molar-refractivity contribution in [1.82, 2.24) is 0 Å². The standard InChI is InChI=1S/C7H5Br2F.C7H7BrFN.HNO2.Na/c1-4-2-5(10)3-6(8)7(4)9;1-4-2-5(9)3-6(8)7(4)10;2-1-3;/h2-3H,1H3;2-3H,10H2,1H3;(H,2,3);/q;;;+1/p-1. The number of halogens is 5. The van der Waals surface area contributed by atoms with Gasteiger partial charge >= 0.3 is 29.6 Å². The van der Waals surface area contributed by atoms with Crippen LogP contribution in [0.1, 0.15) is 11.1 Å². The molecule has 24 heavy (non-hydrogen) atoms. The zero-order valence-corrected chi connectivity index (χ0v) is 19.8. The Morgan fingerprint density at radius 3 is 1.71 bits per heavy atom. The molecule has 10 heteroatoms. The fraction of sp³-hybridized carbons (Fsp3) is 0.143. The van der Waals surface area contributed by atoms with Crippen molar-refractivity contribution in [3.8, 4) is 0 Å². The number of nitrogens with zero attached hydrogens (tertiary/aromatic N) is 1. The van der Waals surface area contributed by atoms with E-state index in [9.17, 15) is 8.78 Å². The first-order valence-electron chi connectivity index (χ1n) is 5.91. The summed E-state index contributed by atoms with van der Waals surface area (Å²) >= 11 is 9.64. The van der Waals surface area contributed by atoms with Crippen molar-refractivity contribution in [1.29, 1.82) is 0 Å². The van der Waals surface area contributed by atoms with Crippen molar-refractivity contribution in [2.24, 2.45) is 5.34 Å². The van der Waals surface area contributed by atoms with Crippen LogP contribution < -0.4 is 35.3 Å². The summed E-state index contributed by atoms with van der Waals surface area (Å²) in [6.45, 7) is 3.61. The van der Waals surface area contributed by atoms with Crippen LogP contribution in [0.25, 0.3) is 0 Å². The van der Waals surface area contributed by atoms with E-state index in [1.807, 2.05) is 6.92 Å². The Kier molecular flexibility index (Phi) is 14.4. The van der Waals surface area contributed by atoms with E-state index in [4.69, 9.17) is 15.8 Å². The van der Waals surface area contributed by atoms with Gasteiger partial charge in [-0.25, -0.2) is 8.78 Å². The van der Waals surface area contributed by atoms with Gasteiger partial charge in [0.05, 0.1) is 0 Å². The maximum absolute atomic E-state index is 12.6. The Labute approximate surface area is 185 Å². The summed E-state index contributed by atoms with van der Waals surface area (Å²) in [5, 5.41) is 9.00. The van der Waals surface area contributed by atoms with E-state index in [0.717, 1.165) is 25.4 Å². The summed E-state index contributed by atoms with van der Waals surface area (Å²) in [5.41, 5.74) is 7.79. The molecule has 2 rings (SSSR count). The Balaban J connectivity index is 0. The third kappa shape index (κ3) is 9.43. The average molecular weight is 541 g/mol. The van der Waals surface area contributed by atoms with Gasteiger partial charge in [0.15, 0.2) is 0 Å². The van der Waals surface area contributed by atoms with E-state index in [2.05, 4.69) is 47.8 Å². The number of rotatable bonds is 0. The molecule has 0 unspecified atom stereocenters. The summed E-state index contributed by atoms with van der Waals surface area (Å²) < 4.78 is 27.4. The number of nitrogens with two attached hydrogens (primary N) is 1. The van der Waals surface area contributed by atoms with Crippen LogP contribution in [0.2, 0.25) is 0 Å². The molecule has 0 saturated heterocycles. The van der Waals surface area contributed by atoms with Crippen molar-refractivity contribution in [2.75, 3.05) is 5.73 Å². The third-order valence-electron chi connectivity index (χ3n) is 2.48. The summed E-state index contributed by atoms with van der Waals surface area (Å²) in [6, 6.07) is 5.66. The van der Waals surface area contributed by atoms with Crippen molar-refractivity contribution in [3.63, 3.8) is 0 Å². The molecule has 2 aromatic carbocycles. The van der Waals surface area contributed by atoms with Gasteiger partial charge in [-0.05, 0) is 97.0 Å². The molecule has 2 N–H and O–H groups in total. The molecule has 0 amide bonds. The summed E-state index contributed by atoms with van der Waals surface area (Å²) in [7, 11) is 0. The largest absolute Gasteiger partial charge is 1.00 e. The normalized spacial score (nSPS) is 8.79. The number of hydrogen-bond acceptors (Lipinski definition) is 4. The van der Waals surface area contributed by atoms with E-state index in [-0.39, 0.29) is 41.2 Å². The number of nitrogen functional groups attached to an aromatic ring is 1. The first-order chi connectivity index (χ1) is 10.6. The van der Waals surface area contributed by atoms with Crippen LogP contribution in [0.4, 0.5) is 14.5 Å². The second-order valence-corrected chi connectivity index (χ2v) is 6.71. The maximum Gasteiger partial charge on any atom is 1.00 e. The minimum atomic E-state index is -0.265. The van der Waals surface area contributed by atoms with Crippen LogP contribution in [0, 0.1) is 35.6 Å². The third-order valence-corrected chi connectivity index (χ3v) is 5.34. The molecule has 0 aromatic heterocycles. The van der Waals surface area contributed by atoms with E-state index >= 15 is 0 Å². The molecule has 0 spiro atoms. The van der Waals surface area contributed by atoms with E-state index in [1.54, 1.807) is 6.92 Å². The molecule has 0 aliphatic heterocycles. The van der Waals surface area contributed by atoms with Gasteiger partial charge in [-0.2, -0.15) is 0 Å². The van der Waals surface area contributed by atoms with Crippen LogP contribution in [-0.2, 0) is 0 Å². The second kappa shape index (κ2) is 13.2. The van der Waals surface area contributed by atoms with Crippen LogP contribution >= 0.6 is 47.8 Å². The molecule has 0 atom stereocenters. The minimum absolute atomic E-state index is 0. The van der Waals surface area contributed by atoms with Gasteiger partial charge in [-0.15, -0.1) is 5.34 Å². The first-order valence-corrected chi connectivity index (χ1v) is 8.29. The average Bonchev–Trinajstić information content (AvgIpc) is 2.43. The molecule has 0 bridgehead atoms. The van der Waals surface area contributed by atoms with E-state index < -0.39 is 0 Å².